The van der Waals surface area contributed by atoms with Crippen molar-refractivity contribution >= 4 is 25.7 Å². The Balaban J connectivity index is 1.26. The van der Waals surface area contributed by atoms with Gasteiger partial charge in [0.15, 0.2) is 0 Å². The zero-order valence-corrected chi connectivity index (χ0v) is 24.1. The molecule has 0 unspecified atom stereocenters. The Bertz CT molecular complexity index is 1290. The molecular weight excluding hydrogens is 511 g/mol. The second-order valence-electron chi connectivity index (χ2n) is 11.5. The second kappa shape index (κ2) is 11.7. The number of para-hydroxylation sites is 1. The number of carbonyl (C=O) groups is 1. The van der Waals surface area contributed by atoms with Crippen molar-refractivity contribution in [3.63, 3.8) is 0 Å². The van der Waals surface area contributed by atoms with Crippen LogP contribution in [0.3, 0.4) is 0 Å². The first-order chi connectivity index (χ1) is 18.7. The molecule has 1 aromatic heterocycles. The normalized spacial score (nSPS) is 23.3. The second-order valence-corrected chi connectivity index (χ2v) is 15.3. The van der Waals surface area contributed by atoms with Gasteiger partial charge in [-0.2, -0.15) is 0 Å². The average molecular weight is 551 g/mol. The van der Waals surface area contributed by atoms with Crippen LogP contribution in [0.1, 0.15) is 43.0 Å². The largest absolute Gasteiger partial charge is 0.396 e. The number of aryl methyl sites for hydroxylation is 3. The molecule has 0 bridgehead atoms. The van der Waals surface area contributed by atoms with Crippen molar-refractivity contribution in [2.45, 2.75) is 82.8 Å². The lowest BCUT2D eigenvalue weighted by Gasteiger charge is -2.30. The fourth-order valence-corrected chi connectivity index (χ4v) is 9.05. The van der Waals surface area contributed by atoms with Gasteiger partial charge in [-0.15, -0.1) is 5.10 Å². The maximum Gasteiger partial charge on any atom is 0.246 e. The first-order valence-corrected chi connectivity index (χ1v) is 17.0. The standard InChI is InChI=1S/C30H39FN4O3Si/c1-21-27(38-28(30(21)39(2,3)31)15-17-34-20-24(16-18-36)32-33-34)13-11-22-7-6-9-25(19-22)35-26-10-5-4-8-23(26)12-14-29(35)37/h4-10,19-21,27-28,30,36H,11-18H2,1-3H3/t21-,27+,28-,30+/m0/s1. The van der Waals surface area contributed by atoms with Gasteiger partial charge in [-0.3, -0.25) is 14.4 Å². The number of aliphatic hydroxyl groups excluding tert-OH is 1. The maximum absolute atomic E-state index is 15.5. The molecule has 3 aromatic rings. The Labute approximate surface area is 231 Å². The van der Waals surface area contributed by atoms with E-state index >= 15 is 4.11 Å². The van der Waals surface area contributed by atoms with Crippen molar-refractivity contribution in [2.24, 2.45) is 5.92 Å². The molecule has 0 spiro atoms. The molecule has 7 nitrogen and oxygen atoms in total. The minimum Gasteiger partial charge on any atom is -0.396 e. The third-order valence-electron chi connectivity index (χ3n) is 8.27. The van der Waals surface area contributed by atoms with Crippen molar-refractivity contribution in [3.05, 3.63) is 71.5 Å². The summed E-state index contributed by atoms with van der Waals surface area (Å²) in [6.07, 6.45) is 5.71. The summed E-state index contributed by atoms with van der Waals surface area (Å²) in [7, 11) is -2.97. The Morgan fingerprint density at radius 3 is 2.69 bits per heavy atom. The summed E-state index contributed by atoms with van der Waals surface area (Å²) >= 11 is 0. The Hall–Kier alpha value is -2.88. The molecule has 2 aliphatic rings. The summed E-state index contributed by atoms with van der Waals surface area (Å²) in [5.74, 6) is 0.247. The number of aliphatic hydroxyl groups is 1. The number of nitrogens with zero attached hydrogens (tertiary/aromatic N) is 4. The van der Waals surface area contributed by atoms with E-state index in [0.717, 1.165) is 41.9 Å². The monoisotopic (exact) mass is 550 g/mol. The molecule has 0 saturated carbocycles. The quantitative estimate of drug-likeness (QED) is 0.270. The Morgan fingerprint density at radius 1 is 1.08 bits per heavy atom. The van der Waals surface area contributed by atoms with E-state index in [4.69, 9.17) is 9.84 Å². The molecule has 1 amide bonds. The fourth-order valence-electron chi connectivity index (χ4n) is 6.46. The van der Waals surface area contributed by atoms with E-state index in [0.29, 0.717) is 25.8 Å². The number of benzene rings is 2. The van der Waals surface area contributed by atoms with E-state index in [1.807, 2.05) is 41.4 Å². The van der Waals surface area contributed by atoms with Gasteiger partial charge in [0.1, 0.15) is 0 Å². The van der Waals surface area contributed by atoms with Crippen LogP contribution in [0.15, 0.2) is 54.7 Å². The van der Waals surface area contributed by atoms with Crippen molar-refractivity contribution in [2.75, 3.05) is 11.5 Å². The van der Waals surface area contributed by atoms with Crippen LogP contribution in [0.2, 0.25) is 18.6 Å². The predicted molar refractivity (Wildman–Crippen MR) is 152 cm³/mol. The molecule has 9 heteroatoms. The van der Waals surface area contributed by atoms with E-state index in [-0.39, 0.29) is 36.2 Å². The first kappa shape index (κ1) is 27.7. The van der Waals surface area contributed by atoms with Crippen LogP contribution in [0.4, 0.5) is 15.5 Å². The third-order valence-corrected chi connectivity index (χ3v) is 10.8. The molecule has 1 N–H and O–H groups in total. The van der Waals surface area contributed by atoms with E-state index in [1.54, 1.807) is 17.8 Å². The number of halogens is 1. The van der Waals surface area contributed by atoms with Crippen LogP contribution < -0.4 is 4.90 Å². The molecule has 1 saturated heterocycles. The minimum absolute atomic E-state index is 0.0239. The van der Waals surface area contributed by atoms with Gasteiger partial charge in [0.2, 0.25) is 14.3 Å². The number of hydrogen-bond acceptors (Lipinski definition) is 5. The van der Waals surface area contributed by atoms with Gasteiger partial charge in [0.25, 0.3) is 0 Å². The molecule has 208 valence electrons. The van der Waals surface area contributed by atoms with Gasteiger partial charge >= 0.3 is 0 Å². The van der Waals surface area contributed by atoms with Crippen LogP contribution in [0.25, 0.3) is 0 Å². The molecular formula is C30H39FN4O3Si. The molecule has 5 rings (SSSR count). The molecule has 1 fully saturated rings. The van der Waals surface area contributed by atoms with Gasteiger partial charge in [-0.1, -0.05) is 42.5 Å². The van der Waals surface area contributed by atoms with Crippen LogP contribution >= 0.6 is 0 Å². The van der Waals surface area contributed by atoms with Crippen molar-refractivity contribution < 1.29 is 18.7 Å². The number of aromatic nitrogens is 3. The fraction of sp³-hybridized carbons (Fsp3) is 0.500. The summed E-state index contributed by atoms with van der Waals surface area (Å²) in [5, 5.41) is 17.4. The summed E-state index contributed by atoms with van der Waals surface area (Å²) in [5.41, 5.74) is 4.87. The van der Waals surface area contributed by atoms with Crippen LogP contribution in [-0.2, 0) is 35.3 Å². The van der Waals surface area contributed by atoms with Crippen LogP contribution in [0.5, 0.6) is 0 Å². The van der Waals surface area contributed by atoms with Gasteiger partial charge in [-0.25, -0.2) is 0 Å². The highest BCUT2D eigenvalue weighted by atomic mass is 28.4. The SMILES string of the molecule is C[C@@H]1[C@@H]([Si](C)(C)F)[C@H](CCn2cc(CCO)nn2)O[C@@H]1CCc1cccc(N2C(=O)CCc3ccccc32)c1. The van der Waals surface area contributed by atoms with Gasteiger partial charge < -0.3 is 14.0 Å². The van der Waals surface area contributed by atoms with E-state index < -0.39 is 8.41 Å². The lowest BCUT2D eigenvalue weighted by molar-refractivity contribution is -0.118. The number of fused-ring (bicyclic) bond motifs is 1. The average Bonchev–Trinajstić information content (AvgIpc) is 3.49. The van der Waals surface area contributed by atoms with Crippen LogP contribution in [0, 0.1) is 5.92 Å². The van der Waals surface area contributed by atoms with Gasteiger partial charge in [0.05, 0.1) is 23.6 Å². The number of ether oxygens (including phenoxy) is 1. The highest BCUT2D eigenvalue weighted by Crippen LogP contribution is 2.47. The van der Waals surface area contributed by atoms with Crippen molar-refractivity contribution in [1.82, 2.24) is 15.0 Å². The smallest absolute Gasteiger partial charge is 0.246 e. The van der Waals surface area contributed by atoms with E-state index in [2.05, 4.69) is 35.4 Å². The summed E-state index contributed by atoms with van der Waals surface area (Å²) < 4.78 is 23.9. The van der Waals surface area contributed by atoms with Crippen LogP contribution in [-0.4, -0.2) is 53.2 Å². The number of anilines is 2. The highest BCUT2D eigenvalue weighted by molar-refractivity contribution is 6.72. The number of rotatable bonds is 10. The Kier molecular flexibility index (Phi) is 8.30. The first-order valence-electron chi connectivity index (χ1n) is 14.1. The third kappa shape index (κ3) is 6.15. The lowest BCUT2D eigenvalue weighted by Crippen LogP contribution is -2.36. The molecule has 4 atom stereocenters. The number of amides is 1. The topological polar surface area (TPSA) is 80.5 Å². The van der Waals surface area contributed by atoms with Gasteiger partial charge in [-0.05, 0) is 74.0 Å². The number of carbonyl (C=O) groups excluding carboxylic acids is 1. The molecule has 2 aliphatic heterocycles. The zero-order chi connectivity index (χ0) is 27.6. The summed E-state index contributed by atoms with van der Waals surface area (Å²) in [4.78, 5) is 14.7. The summed E-state index contributed by atoms with van der Waals surface area (Å²) in [6.45, 7) is 6.37. The van der Waals surface area contributed by atoms with E-state index in [1.165, 1.54) is 5.56 Å². The molecule has 39 heavy (non-hydrogen) atoms. The molecule has 2 aromatic carbocycles. The molecule has 3 heterocycles. The predicted octanol–water partition coefficient (Wildman–Crippen LogP) is 5.40. The maximum atomic E-state index is 15.5. The molecule has 0 aliphatic carbocycles. The number of hydrogen-bond donors (Lipinski definition) is 1. The Morgan fingerprint density at radius 2 is 1.90 bits per heavy atom. The highest BCUT2D eigenvalue weighted by Gasteiger charge is 2.50. The molecule has 0 radical (unpaired) electrons. The van der Waals surface area contributed by atoms with E-state index in [9.17, 15) is 4.79 Å². The summed E-state index contributed by atoms with van der Waals surface area (Å²) in [6, 6.07) is 16.3. The van der Waals surface area contributed by atoms with Crippen molar-refractivity contribution in [1.29, 1.82) is 0 Å². The van der Waals surface area contributed by atoms with Gasteiger partial charge in [0, 0.05) is 43.4 Å². The van der Waals surface area contributed by atoms with Crippen molar-refractivity contribution in [3.8, 4) is 0 Å². The lowest BCUT2D eigenvalue weighted by atomic mass is 9.94. The minimum atomic E-state index is -2.97. The zero-order valence-electron chi connectivity index (χ0n) is 23.1.